The van der Waals surface area contributed by atoms with E-state index in [0.717, 1.165) is 4.57 Å². The zero-order valence-corrected chi connectivity index (χ0v) is 22.5. The number of amides is 1. The molecule has 41 heavy (non-hydrogen) atoms. The Kier molecular flexibility index (Phi) is 8.18. The highest BCUT2D eigenvalue weighted by molar-refractivity contribution is 7.51. The molecular weight excluding hydrogens is 603 g/mol. The maximum atomic E-state index is 14.5. The molecule has 3 atom stereocenters. The fraction of sp³-hybridized carbons (Fsp3) is 0.375. The van der Waals surface area contributed by atoms with Crippen LogP contribution in [-0.4, -0.2) is 44.8 Å². The van der Waals surface area contributed by atoms with Gasteiger partial charge in [-0.2, -0.15) is 13.2 Å². The summed E-state index contributed by atoms with van der Waals surface area (Å²) in [5, 5.41) is 9.70. The molecule has 0 aliphatic carbocycles. The number of carbonyl (C=O) groups is 1. The average molecular weight is 624 g/mol. The van der Waals surface area contributed by atoms with Crippen LogP contribution in [0.25, 0.3) is 0 Å². The van der Waals surface area contributed by atoms with Gasteiger partial charge in [-0.15, -0.1) is 10.2 Å². The number of nitrogens with one attached hydrogen (secondary N) is 1. The molecule has 2 unspecified atom stereocenters. The number of benzene rings is 2. The number of alkyl halides is 3. The topological polar surface area (TPSA) is 98.6 Å². The number of carbonyl (C=O) groups excluding carboxylic acids is 1. The van der Waals surface area contributed by atoms with Gasteiger partial charge in [0.05, 0.1) is 13.2 Å². The molecule has 2 aliphatic rings. The summed E-state index contributed by atoms with van der Waals surface area (Å²) in [6.07, 6.45) is -6.43. The third-order valence-corrected chi connectivity index (χ3v) is 8.50. The van der Waals surface area contributed by atoms with Gasteiger partial charge in [-0.05, 0) is 35.7 Å². The summed E-state index contributed by atoms with van der Waals surface area (Å²) >= 11 is 6.01. The Morgan fingerprint density at radius 2 is 1.88 bits per heavy atom. The molecule has 0 radical (unpaired) electrons. The quantitative estimate of drug-likeness (QED) is 0.220. The van der Waals surface area contributed by atoms with E-state index in [2.05, 4.69) is 15.3 Å². The third kappa shape index (κ3) is 6.59. The summed E-state index contributed by atoms with van der Waals surface area (Å²) in [6, 6.07) is 6.32. The van der Waals surface area contributed by atoms with Gasteiger partial charge >= 0.3 is 13.9 Å². The Labute approximate surface area is 234 Å². The third-order valence-electron chi connectivity index (χ3n) is 6.56. The molecule has 0 bridgehead atoms. The van der Waals surface area contributed by atoms with E-state index in [-0.39, 0.29) is 37.6 Å². The molecule has 220 valence electrons. The van der Waals surface area contributed by atoms with Crippen molar-refractivity contribution >= 4 is 25.3 Å². The first-order valence-electron chi connectivity index (χ1n) is 12.2. The normalized spacial score (nSPS) is 21.6. The van der Waals surface area contributed by atoms with Crippen molar-refractivity contribution in [3.8, 4) is 0 Å². The molecule has 3 heterocycles. The van der Waals surface area contributed by atoms with Crippen molar-refractivity contribution in [2.24, 2.45) is 0 Å². The van der Waals surface area contributed by atoms with Crippen molar-refractivity contribution < 1.29 is 44.7 Å². The van der Waals surface area contributed by atoms with Crippen LogP contribution in [0.4, 0.5) is 26.3 Å². The second kappa shape index (κ2) is 11.4. The molecule has 2 aliphatic heterocycles. The van der Waals surface area contributed by atoms with Crippen molar-refractivity contribution in [1.82, 2.24) is 24.8 Å². The lowest BCUT2D eigenvalue weighted by atomic mass is 10.0. The summed E-state index contributed by atoms with van der Waals surface area (Å²) in [5.41, 5.74) is 0.242. The molecule has 1 aromatic heterocycles. The minimum absolute atomic E-state index is 0.0901. The fourth-order valence-electron chi connectivity index (χ4n) is 4.62. The molecule has 1 saturated heterocycles. The molecular formula is C24H21ClF6N5O4P. The van der Waals surface area contributed by atoms with Gasteiger partial charge in [0.2, 0.25) is 11.7 Å². The lowest BCUT2D eigenvalue weighted by molar-refractivity contribution is -0.148. The maximum Gasteiger partial charge on any atom is 0.451 e. The van der Waals surface area contributed by atoms with Gasteiger partial charge in [0.1, 0.15) is 11.9 Å². The van der Waals surface area contributed by atoms with Crippen molar-refractivity contribution in [3.63, 3.8) is 0 Å². The molecule has 1 amide bonds. The van der Waals surface area contributed by atoms with E-state index in [4.69, 9.17) is 20.6 Å². The number of halogens is 7. The summed E-state index contributed by atoms with van der Waals surface area (Å²) in [4.78, 5) is 14.4. The Morgan fingerprint density at radius 3 is 2.61 bits per heavy atom. The van der Waals surface area contributed by atoms with E-state index in [0.29, 0.717) is 22.7 Å². The highest BCUT2D eigenvalue weighted by Gasteiger charge is 2.42. The number of hydrogen-bond acceptors (Lipinski definition) is 6. The number of hydrogen-bond donors (Lipinski definition) is 1. The van der Waals surface area contributed by atoms with Gasteiger partial charge < -0.3 is 9.47 Å². The van der Waals surface area contributed by atoms with Crippen LogP contribution in [0.5, 0.6) is 0 Å². The van der Waals surface area contributed by atoms with E-state index in [1.54, 1.807) is 24.3 Å². The lowest BCUT2D eigenvalue weighted by Gasteiger charge is -2.30. The predicted octanol–water partition coefficient (Wildman–Crippen LogP) is 5.20. The van der Waals surface area contributed by atoms with Crippen LogP contribution in [0.15, 0.2) is 36.4 Å². The summed E-state index contributed by atoms with van der Waals surface area (Å²) < 4.78 is 107. The second-order valence-corrected chi connectivity index (χ2v) is 11.6. The fourth-order valence-corrected chi connectivity index (χ4v) is 6.49. The number of nitrogens with zero attached hydrogens (tertiary/aromatic N) is 4. The summed E-state index contributed by atoms with van der Waals surface area (Å²) in [5.74, 6) is -5.74. The summed E-state index contributed by atoms with van der Waals surface area (Å²) in [6.45, 7) is -0.796. The molecule has 0 spiro atoms. The first-order valence-corrected chi connectivity index (χ1v) is 14.1. The number of rotatable bonds is 7. The maximum absolute atomic E-state index is 14.5. The van der Waals surface area contributed by atoms with Crippen LogP contribution in [0, 0.1) is 17.5 Å². The summed E-state index contributed by atoms with van der Waals surface area (Å²) in [7, 11) is -4.11. The highest BCUT2D eigenvalue weighted by atomic mass is 35.5. The van der Waals surface area contributed by atoms with Crippen LogP contribution in [0.1, 0.15) is 35.3 Å². The molecule has 3 aromatic rings. The van der Waals surface area contributed by atoms with Crippen molar-refractivity contribution in [1.29, 1.82) is 0 Å². The van der Waals surface area contributed by atoms with Crippen LogP contribution in [0.2, 0.25) is 5.02 Å². The van der Waals surface area contributed by atoms with Gasteiger partial charge in [0, 0.05) is 36.6 Å². The van der Waals surface area contributed by atoms with Crippen LogP contribution >= 0.6 is 19.3 Å². The Morgan fingerprint density at radius 1 is 1.12 bits per heavy atom. The molecule has 2 aromatic carbocycles. The largest absolute Gasteiger partial charge is 0.451 e. The highest BCUT2D eigenvalue weighted by Crippen LogP contribution is 2.55. The van der Waals surface area contributed by atoms with Crippen molar-refractivity contribution in [2.75, 3.05) is 13.2 Å². The van der Waals surface area contributed by atoms with Crippen molar-refractivity contribution in [2.45, 2.75) is 44.3 Å². The molecule has 9 nitrogen and oxygen atoms in total. The lowest BCUT2D eigenvalue weighted by Crippen LogP contribution is -2.42. The molecule has 5 rings (SSSR count). The zero-order valence-electron chi connectivity index (χ0n) is 20.9. The van der Waals surface area contributed by atoms with Crippen LogP contribution in [-0.2, 0) is 44.1 Å². The van der Waals surface area contributed by atoms with Crippen LogP contribution in [0.3, 0.4) is 0 Å². The Balaban J connectivity index is 1.34. The van der Waals surface area contributed by atoms with E-state index in [1.165, 1.54) is 4.90 Å². The monoisotopic (exact) mass is 623 g/mol. The number of aromatic nitrogens is 3. The second-order valence-electron chi connectivity index (χ2n) is 9.44. The minimum atomic E-state index is -4.72. The first kappa shape index (κ1) is 29.5. The molecule has 1 fully saturated rings. The molecule has 17 heteroatoms. The van der Waals surface area contributed by atoms with Gasteiger partial charge in [0.25, 0.3) is 0 Å². The minimum Gasteiger partial charge on any atom is -0.333 e. The van der Waals surface area contributed by atoms with Crippen LogP contribution < -0.4 is 5.09 Å². The van der Waals surface area contributed by atoms with Gasteiger partial charge in [-0.1, -0.05) is 23.7 Å². The Bertz CT molecular complexity index is 1520. The standard InChI is InChI=1S/C24H21ClF6N5O4P/c25-15-3-1-2-13(6-15)20-12-39-41(38,40-20)34-16(7-14-8-18(27)19(28)10-17(14)26)9-22(37)35-4-5-36-21(11-35)32-33-23(36)24(29,30)31/h1-3,6,8,10,16,20H,4-5,7,9,11-12H2,(H,34,38)/t16-,20?,41?/m1/s1. The van der Waals surface area contributed by atoms with E-state index in [9.17, 15) is 35.7 Å². The smallest absolute Gasteiger partial charge is 0.333 e. The van der Waals surface area contributed by atoms with Crippen molar-refractivity contribution in [3.05, 3.63) is 81.6 Å². The van der Waals surface area contributed by atoms with E-state index >= 15 is 0 Å². The van der Waals surface area contributed by atoms with Gasteiger partial charge in [-0.25, -0.2) is 22.8 Å². The van der Waals surface area contributed by atoms with E-state index < -0.39 is 68.1 Å². The molecule has 1 N–H and O–H groups in total. The SMILES string of the molecule is O=C(C[C@@H](Cc1cc(F)c(F)cc1F)NP1(=O)OCC(c2cccc(Cl)c2)O1)N1CCn2c(nnc2C(F)(F)F)C1. The average Bonchev–Trinajstić information content (AvgIpc) is 3.50. The zero-order chi connectivity index (χ0) is 29.5. The number of fused-ring (bicyclic) bond motifs is 1. The first-order chi connectivity index (χ1) is 19.3. The van der Waals surface area contributed by atoms with E-state index in [1.807, 2.05) is 0 Å². The molecule has 0 saturated carbocycles. The van der Waals surface area contributed by atoms with Gasteiger partial charge in [-0.3, -0.25) is 13.8 Å². The predicted molar refractivity (Wildman–Crippen MR) is 131 cm³/mol. The Hall–Kier alpha value is -2.97. The van der Waals surface area contributed by atoms with Gasteiger partial charge in [0.15, 0.2) is 17.5 Å².